The van der Waals surface area contributed by atoms with Gasteiger partial charge in [-0.2, -0.15) is 4.98 Å². The van der Waals surface area contributed by atoms with Crippen LogP contribution < -0.4 is 15.0 Å². The van der Waals surface area contributed by atoms with E-state index in [1.54, 1.807) is 49.6 Å². The van der Waals surface area contributed by atoms with E-state index < -0.39 is 5.56 Å². The Bertz CT molecular complexity index is 1230. The average Bonchev–Trinajstić information content (AvgIpc) is 3.22. The van der Waals surface area contributed by atoms with Gasteiger partial charge >= 0.3 is 0 Å². The highest BCUT2D eigenvalue weighted by atomic mass is 16.5. The van der Waals surface area contributed by atoms with Crippen LogP contribution in [0.25, 0.3) is 33.7 Å². The molecule has 0 aliphatic rings. The predicted octanol–water partition coefficient (Wildman–Crippen LogP) is 3.75. The molecule has 0 saturated heterocycles. The first-order valence-electron chi connectivity index (χ1n) is 9.11. The van der Waals surface area contributed by atoms with Crippen molar-refractivity contribution in [2.75, 3.05) is 13.7 Å². The molecule has 0 amide bonds. The fourth-order valence-corrected chi connectivity index (χ4v) is 3.00. The standard InChI is InChI=1S/C21H19N3O5/c1-3-10-28-15-9-8-12(11-16(15)27-2)19-23-21(29-24-19)17-18(25)13-6-4-5-7-14(13)22-20(17)26/h4-9,11H,3,10H2,1-2H3,(H2,22,25,26). The highest BCUT2D eigenvalue weighted by Crippen LogP contribution is 2.34. The lowest BCUT2D eigenvalue weighted by Crippen LogP contribution is -2.09. The van der Waals surface area contributed by atoms with E-state index in [4.69, 9.17) is 14.0 Å². The van der Waals surface area contributed by atoms with E-state index in [-0.39, 0.29) is 23.0 Å². The number of nitrogens with one attached hydrogen (secondary N) is 1. The van der Waals surface area contributed by atoms with Gasteiger partial charge < -0.3 is 24.1 Å². The number of pyridine rings is 1. The fourth-order valence-electron chi connectivity index (χ4n) is 3.00. The molecule has 0 aliphatic carbocycles. The van der Waals surface area contributed by atoms with Gasteiger partial charge in [0.05, 0.1) is 19.2 Å². The zero-order valence-corrected chi connectivity index (χ0v) is 15.9. The molecule has 0 spiro atoms. The van der Waals surface area contributed by atoms with Gasteiger partial charge in [0, 0.05) is 10.9 Å². The second kappa shape index (κ2) is 7.67. The number of hydrogen-bond donors (Lipinski definition) is 2. The van der Waals surface area contributed by atoms with Crippen LogP contribution in [-0.2, 0) is 0 Å². The lowest BCUT2D eigenvalue weighted by molar-refractivity contribution is 0.294. The Morgan fingerprint density at radius 1 is 1.17 bits per heavy atom. The molecule has 0 atom stereocenters. The lowest BCUT2D eigenvalue weighted by atomic mass is 10.1. The number of aromatic nitrogens is 3. The van der Waals surface area contributed by atoms with Crippen LogP contribution in [0.15, 0.2) is 51.8 Å². The summed E-state index contributed by atoms with van der Waals surface area (Å²) in [5, 5.41) is 15.0. The number of aromatic hydroxyl groups is 1. The van der Waals surface area contributed by atoms with Gasteiger partial charge in [0.25, 0.3) is 11.4 Å². The first kappa shape index (κ1) is 18.5. The number of aromatic amines is 1. The van der Waals surface area contributed by atoms with Crippen molar-refractivity contribution >= 4 is 10.9 Å². The number of para-hydroxylation sites is 1. The molecule has 148 valence electrons. The third-order valence-corrected chi connectivity index (χ3v) is 4.42. The molecule has 8 nitrogen and oxygen atoms in total. The molecule has 0 bridgehead atoms. The number of rotatable bonds is 6. The Kier molecular flexibility index (Phi) is 4.90. The molecule has 0 saturated carbocycles. The number of benzene rings is 2. The Morgan fingerprint density at radius 2 is 2.00 bits per heavy atom. The summed E-state index contributed by atoms with van der Waals surface area (Å²) in [4.78, 5) is 19.5. The number of ether oxygens (including phenoxy) is 2. The summed E-state index contributed by atoms with van der Waals surface area (Å²) in [6.45, 7) is 2.59. The monoisotopic (exact) mass is 393 g/mol. The summed E-state index contributed by atoms with van der Waals surface area (Å²) in [6, 6.07) is 12.2. The Labute approximate surface area is 165 Å². The van der Waals surface area contributed by atoms with Crippen LogP contribution in [0.3, 0.4) is 0 Å². The molecule has 0 fully saturated rings. The molecule has 29 heavy (non-hydrogen) atoms. The second-order valence-corrected chi connectivity index (χ2v) is 6.36. The third kappa shape index (κ3) is 3.40. The second-order valence-electron chi connectivity index (χ2n) is 6.36. The van der Waals surface area contributed by atoms with Crippen LogP contribution in [0, 0.1) is 0 Å². The van der Waals surface area contributed by atoms with Gasteiger partial charge in [-0.1, -0.05) is 24.2 Å². The largest absolute Gasteiger partial charge is 0.506 e. The van der Waals surface area contributed by atoms with Crippen molar-refractivity contribution in [3.63, 3.8) is 0 Å². The smallest absolute Gasteiger partial charge is 0.267 e. The molecular weight excluding hydrogens is 374 g/mol. The van der Waals surface area contributed by atoms with Crippen LogP contribution >= 0.6 is 0 Å². The van der Waals surface area contributed by atoms with E-state index in [2.05, 4.69) is 15.1 Å². The van der Waals surface area contributed by atoms with Crippen LogP contribution in [-0.4, -0.2) is 33.9 Å². The van der Waals surface area contributed by atoms with Crippen molar-refractivity contribution in [2.45, 2.75) is 13.3 Å². The summed E-state index contributed by atoms with van der Waals surface area (Å²) in [5.74, 6) is 1.13. The number of H-pyrrole nitrogens is 1. The lowest BCUT2D eigenvalue weighted by Gasteiger charge is -2.10. The number of nitrogens with zero attached hydrogens (tertiary/aromatic N) is 2. The van der Waals surface area contributed by atoms with Gasteiger partial charge in [0.1, 0.15) is 11.3 Å². The van der Waals surface area contributed by atoms with Crippen molar-refractivity contribution in [1.29, 1.82) is 0 Å². The molecule has 0 radical (unpaired) electrons. The molecule has 2 heterocycles. The first-order chi connectivity index (χ1) is 14.1. The van der Waals surface area contributed by atoms with Gasteiger partial charge in [0.15, 0.2) is 11.5 Å². The molecule has 4 aromatic rings. The van der Waals surface area contributed by atoms with Crippen LogP contribution in [0.4, 0.5) is 0 Å². The summed E-state index contributed by atoms with van der Waals surface area (Å²) in [7, 11) is 1.55. The predicted molar refractivity (Wildman–Crippen MR) is 107 cm³/mol. The summed E-state index contributed by atoms with van der Waals surface area (Å²) in [6.07, 6.45) is 0.878. The molecule has 2 aromatic heterocycles. The van der Waals surface area contributed by atoms with Gasteiger partial charge in [0.2, 0.25) is 5.82 Å². The molecule has 2 N–H and O–H groups in total. The van der Waals surface area contributed by atoms with Gasteiger partial charge in [-0.05, 0) is 36.8 Å². The molecule has 8 heteroatoms. The van der Waals surface area contributed by atoms with Crippen molar-refractivity contribution in [1.82, 2.24) is 15.1 Å². The molecule has 2 aromatic carbocycles. The van der Waals surface area contributed by atoms with Crippen LogP contribution in [0.5, 0.6) is 17.2 Å². The summed E-state index contributed by atoms with van der Waals surface area (Å²) >= 11 is 0. The van der Waals surface area contributed by atoms with Gasteiger partial charge in [-0.15, -0.1) is 0 Å². The van der Waals surface area contributed by atoms with Crippen LogP contribution in [0.1, 0.15) is 13.3 Å². The summed E-state index contributed by atoms with van der Waals surface area (Å²) < 4.78 is 16.3. The van der Waals surface area contributed by atoms with E-state index in [9.17, 15) is 9.90 Å². The topological polar surface area (TPSA) is 110 Å². The highest BCUT2D eigenvalue weighted by molar-refractivity contribution is 5.90. The zero-order chi connectivity index (χ0) is 20.4. The van der Waals surface area contributed by atoms with E-state index >= 15 is 0 Å². The minimum Gasteiger partial charge on any atom is -0.506 e. The number of fused-ring (bicyclic) bond motifs is 1. The van der Waals surface area contributed by atoms with Crippen LogP contribution in [0.2, 0.25) is 0 Å². The normalized spacial score (nSPS) is 11.0. The first-order valence-corrected chi connectivity index (χ1v) is 9.11. The molecule has 0 aliphatic heterocycles. The number of hydrogen-bond acceptors (Lipinski definition) is 7. The van der Waals surface area contributed by atoms with E-state index in [0.717, 1.165) is 6.42 Å². The minimum absolute atomic E-state index is 0.0719. The Morgan fingerprint density at radius 3 is 2.79 bits per heavy atom. The maximum absolute atomic E-state index is 12.5. The van der Waals surface area contributed by atoms with E-state index in [1.165, 1.54) is 0 Å². The third-order valence-electron chi connectivity index (χ3n) is 4.42. The van der Waals surface area contributed by atoms with Crippen molar-refractivity contribution in [3.8, 4) is 40.1 Å². The minimum atomic E-state index is -0.516. The zero-order valence-electron chi connectivity index (χ0n) is 15.9. The summed E-state index contributed by atoms with van der Waals surface area (Å²) in [5.41, 5.74) is 0.554. The highest BCUT2D eigenvalue weighted by Gasteiger charge is 2.21. The van der Waals surface area contributed by atoms with Gasteiger partial charge in [-0.3, -0.25) is 4.79 Å². The maximum atomic E-state index is 12.5. The van der Waals surface area contributed by atoms with Crippen molar-refractivity contribution in [2.24, 2.45) is 0 Å². The average molecular weight is 393 g/mol. The van der Waals surface area contributed by atoms with Gasteiger partial charge in [-0.25, -0.2) is 0 Å². The van der Waals surface area contributed by atoms with Crippen molar-refractivity contribution < 1.29 is 19.1 Å². The maximum Gasteiger partial charge on any atom is 0.267 e. The van der Waals surface area contributed by atoms with E-state index in [1.807, 2.05) is 6.92 Å². The van der Waals surface area contributed by atoms with E-state index in [0.29, 0.717) is 34.6 Å². The van der Waals surface area contributed by atoms with Crippen molar-refractivity contribution in [3.05, 3.63) is 52.8 Å². The molecule has 0 unspecified atom stereocenters. The Hall–Kier alpha value is -3.81. The SMILES string of the molecule is CCCOc1ccc(-c2noc(-c3c(O)c4ccccc4[nH]c3=O)n2)cc1OC. The number of methoxy groups -OCH3 is 1. The molecular formula is C21H19N3O5. The fraction of sp³-hybridized carbons (Fsp3) is 0.190. The Balaban J connectivity index is 1.74. The molecule has 4 rings (SSSR count). The quantitative estimate of drug-likeness (QED) is 0.513.